The van der Waals surface area contributed by atoms with Crippen LogP contribution in [0.1, 0.15) is 17.0 Å². The molecule has 0 aliphatic carbocycles. The van der Waals surface area contributed by atoms with E-state index in [4.69, 9.17) is 0 Å². The number of aliphatic hydroxyl groups excluding tert-OH is 1. The molecule has 0 saturated heterocycles. The van der Waals surface area contributed by atoms with Gasteiger partial charge in [0.2, 0.25) is 5.16 Å². The first kappa shape index (κ1) is 21.0. The van der Waals surface area contributed by atoms with Gasteiger partial charge in [-0.2, -0.15) is 9.78 Å². The van der Waals surface area contributed by atoms with Crippen LogP contribution in [-0.4, -0.2) is 47.6 Å². The van der Waals surface area contributed by atoms with Crippen molar-refractivity contribution < 1.29 is 5.11 Å². The maximum Gasteiger partial charge on any atom is 0.261 e. The van der Waals surface area contributed by atoms with E-state index in [9.17, 15) is 9.90 Å². The van der Waals surface area contributed by atoms with Crippen molar-refractivity contribution in [2.24, 2.45) is 5.10 Å². The Balaban J connectivity index is 1.43. The molecule has 2 heterocycles. The van der Waals surface area contributed by atoms with Crippen LogP contribution >= 0.6 is 11.8 Å². The van der Waals surface area contributed by atoms with Crippen molar-refractivity contribution in [3.63, 3.8) is 0 Å². The van der Waals surface area contributed by atoms with Crippen LogP contribution in [0.4, 0.5) is 0 Å². The SMILES string of the molecule is Cc1ccc(C=Nn2c(C)nnc2SCC(O)Cn2cnc3ccccc3c2=O)cc1. The normalized spacial score (nSPS) is 12.6. The van der Waals surface area contributed by atoms with E-state index in [0.29, 0.717) is 27.6 Å². The van der Waals surface area contributed by atoms with Gasteiger partial charge >= 0.3 is 0 Å². The minimum atomic E-state index is -0.766. The molecule has 0 radical (unpaired) electrons. The molecule has 4 rings (SSSR count). The Morgan fingerprint density at radius 2 is 1.90 bits per heavy atom. The highest BCUT2D eigenvalue weighted by atomic mass is 32.2. The molecular weight excluding hydrogens is 412 g/mol. The number of benzene rings is 2. The maximum absolute atomic E-state index is 12.6. The highest BCUT2D eigenvalue weighted by molar-refractivity contribution is 7.99. The molecule has 0 amide bonds. The van der Waals surface area contributed by atoms with E-state index < -0.39 is 6.10 Å². The highest BCUT2D eigenvalue weighted by Gasteiger charge is 2.14. The molecule has 1 unspecified atom stereocenters. The highest BCUT2D eigenvalue weighted by Crippen LogP contribution is 2.18. The molecule has 2 aromatic carbocycles. The molecule has 9 heteroatoms. The van der Waals surface area contributed by atoms with Crippen molar-refractivity contribution in [2.45, 2.75) is 31.7 Å². The summed E-state index contributed by atoms with van der Waals surface area (Å²) < 4.78 is 3.07. The van der Waals surface area contributed by atoms with Gasteiger partial charge in [-0.15, -0.1) is 10.2 Å². The van der Waals surface area contributed by atoms with Crippen molar-refractivity contribution in [2.75, 3.05) is 5.75 Å². The first-order chi connectivity index (χ1) is 15.0. The number of aromatic nitrogens is 5. The fraction of sp³-hybridized carbons (Fsp3) is 0.227. The monoisotopic (exact) mass is 434 g/mol. The fourth-order valence-electron chi connectivity index (χ4n) is 3.02. The molecule has 1 atom stereocenters. The van der Waals surface area contributed by atoms with Crippen LogP contribution in [0, 0.1) is 13.8 Å². The molecule has 8 nitrogen and oxygen atoms in total. The van der Waals surface area contributed by atoms with E-state index in [1.807, 2.05) is 44.2 Å². The van der Waals surface area contributed by atoms with Gasteiger partial charge in [0.25, 0.3) is 5.56 Å². The van der Waals surface area contributed by atoms with Gasteiger partial charge in [-0.3, -0.25) is 9.36 Å². The zero-order valence-electron chi connectivity index (χ0n) is 17.2. The van der Waals surface area contributed by atoms with E-state index in [1.54, 1.807) is 29.1 Å². The van der Waals surface area contributed by atoms with Gasteiger partial charge in [0, 0.05) is 5.75 Å². The standard InChI is InChI=1S/C22H22N6O2S/c1-15-7-9-17(10-8-15)11-24-28-16(2)25-26-22(28)31-13-18(29)12-27-14-23-20-6-4-3-5-19(20)21(27)30/h3-11,14,18,29H,12-13H2,1-2H3. The van der Waals surface area contributed by atoms with Crippen molar-refractivity contribution in [1.82, 2.24) is 24.4 Å². The third-order valence-corrected chi connectivity index (χ3v) is 5.78. The summed E-state index contributed by atoms with van der Waals surface area (Å²) in [6, 6.07) is 15.2. The van der Waals surface area contributed by atoms with Crippen LogP contribution < -0.4 is 5.56 Å². The van der Waals surface area contributed by atoms with Crippen molar-refractivity contribution >= 4 is 28.9 Å². The van der Waals surface area contributed by atoms with Crippen LogP contribution in [0.2, 0.25) is 0 Å². The first-order valence-electron chi connectivity index (χ1n) is 9.79. The van der Waals surface area contributed by atoms with E-state index in [0.717, 1.165) is 5.56 Å². The molecule has 2 aromatic heterocycles. The molecule has 0 bridgehead atoms. The van der Waals surface area contributed by atoms with Crippen LogP contribution in [0.25, 0.3) is 10.9 Å². The number of hydrogen-bond acceptors (Lipinski definition) is 7. The maximum atomic E-state index is 12.6. The number of aliphatic hydroxyl groups is 1. The smallest absolute Gasteiger partial charge is 0.261 e. The Morgan fingerprint density at radius 3 is 2.71 bits per heavy atom. The molecule has 0 aliphatic heterocycles. The molecule has 0 fully saturated rings. The molecule has 0 spiro atoms. The number of fused-ring (bicyclic) bond motifs is 1. The van der Waals surface area contributed by atoms with Gasteiger partial charge in [0.1, 0.15) is 0 Å². The number of nitrogens with zero attached hydrogens (tertiary/aromatic N) is 6. The van der Waals surface area contributed by atoms with Gasteiger partial charge < -0.3 is 5.11 Å². The summed E-state index contributed by atoms with van der Waals surface area (Å²) in [5, 5.41) is 24.3. The Hall–Kier alpha value is -3.30. The lowest BCUT2D eigenvalue weighted by Crippen LogP contribution is -2.28. The van der Waals surface area contributed by atoms with E-state index in [2.05, 4.69) is 20.3 Å². The topological polar surface area (TPSA) is 98.2 Å². The number of thioether (sulfide) groups is 1. The summed E-state index contributed by atoms with van der Waals surface area (Å²) in [5.41, 5.74) is 2.63. The molecule has 158 valence electrons. The average Bonchev–Trinajstić information content (AvgIpc) is 3.13. The van der Waals surface area contributed by atoms with Gasteiger partial charge in [-0.05, 0) is 31.5 Å². The van der Waals surface area contributed by atoms with Crippen molar-refractivity contribution in [3.05, 3.63) is 82.2 Å². The predicted molar refractivity (Wildman–Crippen MR) is 122 cm³/mol. The Bertz CT molecular complexity index is 1280. The summed E-state index contributed by atoms with van der Waals surface area (Å²) in [7, 11) is 0. The average molecular weight is 435 g/mol. The summed E-state index contributed by atoms with van der Waals surface area (Å²) in [6.07, 6.45) is 2.45. The van der Waals surface area contributed by atoms with Gasteiger partial charge in [-0.25, -0.2) is 4.98 Å². The van der Waals surface area contributed by atoms with Crippen LogP contribution in [0.3, 0.4) is 0 Å². The summed E-state index contributed by atoms with van der Waals surface area (Å²) in [5.74, 6) is 0.979. The number of para-hydroxylation sites is 1. The summed E-state index contributed by atoms with van der Waals surface area (Å²) in [4.78, 5) is 16.9. The van der Waals surface area contributed by atoms with Crippen molar-refractivity contribution in [1.29, 1.82) is 0 Å². The Labute approximate surface area is 183 Å². The predicted octanol–water partition coefficient (Wildman–Crippen LogP) is 2.64. The van der Waals surface area contributed by atoms with Gasteiger partial charge in [0.05, 0.1) is 36.1 Å². The lowest BCUT2D eigenvalue weighted by atomic mass is 10.2. The largest absolute Gasteiger partial charge is 0.390 e. The van der Waals surface area contributed by atoms with E-state index >= 15 is 0 Å². The Morgan fingerprint density at radius 1 is 1.13 bits per heavy atom. The third-order valence-electron chi connectivity index (χ3n) is 4.71. The van der Waals surface area contributed by atoms with Crippen LogP contribution in [0.5, 0.6) is 0 Å². The zero-order valence-corrected chi connectivity index (χ0v) is 18.0. The first-order valence-corrected chi connectivity index (χ1v) is 10.8. The second-order valence-corrected chi connectivity index (χ2v) is 8.17. The Kier molecular flexibility index (Phi) is 6.24. The van der Waals surface area contributed by atoms with Crippen molar-refractivity contribution in [3.8, 4) is 0 Å². The number of hydrogen-bond donors (Lipinski definition) is 1. The number of rotatable bonds is 7. The van der Waals surface area contributed by atoms with Crippen LogP contribution in [0.15, 0.2) is 69.9 Å². The second kappa shape index (κ2) is 9.23. The van der Waals surface area contributed by atoms with E-state index in [-0.39, 0.29) is 12.1 Å². The second-order valence-electron chi connectivity index (χ2n) is 7.18. The quantitative estimate of drug-likeness (QED) is 0.355. The van der Waals surface area contributed by atoms with E-state index in [1.165, 1.54) is 28.2 Å². The summed E-state index contributed by atoms with van der Waals surface area (Å²) >= 11 is 1.33. The minimum Gasteiger partial charge on any atom is -0.390 e. The molecule has 0 aliphatic rings. The molecule has 31 heavy (non-hydrogen) atoms. The lowest BCUT2D eigenvalue weighted by Gasteiger charge is -2.12. The van der Waals surface area contributed by atoms with Gasteiger partial charge in [-0.1, -0.05) is 53.7 Å². The fourth-order valence-corrected chi connectivity index (χ4v) is 3.87. The van der Waals surface area contributed by atoms with Crippen LogP contribution in [-0.2, 0) is 6.54 Å². The minimum absolute atomic E-state index is 0.142. The van der Waals surface area contributed by atoms with Gasteiger partial charge in [0.15, 0.2) is 5.82 Å². The lowest BCUT2D eigenvalue weighted by molar-refractivity contribution is 0.176. The molecule has 1 N–H and O–H groups in total. The molecule has 0 saturated carbocycles. The molecule has 4 aromatic rings. The molecular formula is C22H22N6O2S. The zero-order chi connectivity index (χ0) is 21.8. The number of aryl methyl sites for hydroxylation is 2. The summed E-state index contributed by atoms with van der Waals surface area (Å²) in [6.45, 7) is 4.00. The third kappa shape index (κ3) is 4.89.